The van der Waals surface area contributed by atoms with E-state index in [1.807, 2.05) is 12.4 Å². The Hall–Kier alpha value is -2.59. The summed E-state index contributed by atoms with van der Waals surface area (Å²) in [5.41, 5.74) is 3.79. The van der Waals surface area contributed by atoms with Crippen LogP contribution in [0.4, 0.5) is 0 Å². The molecule has 4 nitrogen and oxygen atoms in total. The molecular weight excluding hydrogens is 334 g/mol. The Labute approximate surface area is 159 Å². The van der Waals surface area contributed by atoms with Gasteiger partial charge in [-0.3, -0.25) is 4.98 Å². The molecule has 0 amide bonds. The number of hydrogen-bond donors (Lipinski definition) is 0. The maximum Gasteiger partial charge on any atom is 0.129 e. The van der Waals surface area contributed by atoms with E-state index >= 15 is 0 Å². The lowest BCUT2D eigenvalue weighted by Gasteiger charge is -2.20. The van der Waals surface area contributed by atoms with E-state index in [-0.39, 0.29) is 0 Å². The summed E-state index contributed by atoms with van der Waals surface area (Å²) in [6.45, 7) is 4.13. The number of likely N-dealkylation sites (N-methyl/N-ethyl adjacent to an activating group) is 1. The highest BCUT2D eigenvalue weighted by Gasteiger charge is 2.22. The minimum Gasteiger partial charge on any atom is -0.491 e. The third-order valence-corrected chi connectivity index (χ3v) is 6.24. The van der Waals surface area contributed by atoms with Crippen molar-refractivity contribution in [2.45, 2.75) is 25.8 Å². The molecular formula is C23H25N3O. The molecule has 0 saturated carbocycles. The molecule has 4 aromatic rings. The largest absolute Gasteiger partial charge is 0.491 e. The van der Waals surface area contributed by atoms with E-state index in [2.05, 4.69) is 65.8 Å². The van der Waals surface area contributed by atoms with Crippen LogP contribution in [0.1, 0.15) is 18.4 Å². The predicted octanol–water partition coefficient (Wildman–Crippen LogP) is 4.66. The Morgan fingerprint density at radius 3 is 2.89 bits per heavy atom. The molecule has 4 heteroatoms. The third-order valence-electron chi connectivity index (χ3n) is 6.24. The first-order valence-electron chi connectivity index (χ1n) is 9.72. The smallest absolute Gasteiger partial charge is 0.129 e. The van der Waals surface area contributed by atoms with E-state index in [0.29, 0.717) is 6.04 Å². The quantitative estimate of drug-likeness (QED) is 0.533. The Bertz CT molecular complexity index is 1160. The van der Waals surface area contributed by atoms with E-state index in [4.69, 9.17) is 4.74 Å². The number of likely N-dealkylation sites (tertiary alicyclic amines) is 1. The fourth-order valence-electron chi connectivity index (χ4n) is 4.73. The van der Waals surface area contributed by atoms with Crippen molar-refractivity contribution in [3.8, 4) is 5.75 Å². The van der Waals surface area contributed by atoms with Crippen LogP contribution in [0.25, 0.3) is 32.6 Å². The molecule has 2 aromatic heterocycles. The summed E-state index contributed by atoms with van der Waals surface area (Å²) >= 11 is 0. The zero-order chi connectivity index (χ0) is 18.5. The summed E-state index contributed by atoms with van der Waals surface area (Å²) < 4.78 is 8.68. The first-order chi connectivity index (χ1) is 13.1. The minimum absolute atomic E-state index is 0.516. The molecule has 1 atom stereocenters. The standard InChI is InChI=1S/C23H25N3O/c1-15-18-9-10-24-13-16(18)12-19-22-20(26(3)23(15)19)7-4-8-21(22)27-14-17-6-5-11-25(17)2/h4,7-10,12-13,17H,5-6,11,14H2,1-3H3/t17-/m1/s1. The van der Waals surface area contributed by atoms with Crippen molar-refractivity contribution in [3.05, 3.63) is 48.3 Å². The topological polar surface area (TPSA) is 30.3 Å². The van der Waals surface area contributed by atoms with Gasteiger partial charge in [-0.1, -0.05) is 6.07 Å². The van der Waals surface area contributed by atoms with Crippen LogP contribution in [0, 0.1) is 6.92 Å². The van der Waals surface area contributed by atoms with Crippen LogP contribution in [-0.4, -0.2) is 40.7 Å². The monoisotopic (exact) mass is 359 g/mol. The Morgan fingerprint density at radius 2 is 2.07 bits per heavy atom. The van der Waals surface area contributed by atoms with Gasteiger partial charge in [-0.05, 0) is 68.6 Å². The van der Waals surface area contributed by atoms with E-state index in [1.165, 1.54) is 57.5 Å². The van der Waals surface area contributed by atoms with Crippen molar-refractivity contribution in [1.82, 2.24) is 14.5 Å². The normalized spacial score (nSPS) is 18.1. The van der Waals surface area contributed by atoms with E-state index in [0.717, 1.165) is 12.4 Å². The Balaban J connectivity index is 1.70. The number of pyridine rings is 1. The first kappa shape index (κ1) is 16.6. The number of hydrogen-bond acceptors (Lipinski definition) is 3. The van der Waals surface area contributed by atoms with Crippen LogP contribution in [-0.2, 0) is 7.05 Å². The summed E-state index contributed by atoms with van der Waals surface area (Å²) in [5, 5.41) is 4.91. The second kappa shape index (κ2) is 6.24. The number of ether oxygens (including phenoxy) is 1. The molecule has 0 unspecified atom stereocenters. The Morgan fingerprint density at radius 1 is 1.19 bits per heavy atom. The van der Waals surface area contributed by atoms with Crippen molar-refractivity contribution in [1.29, 1.82) is 0 Å². The average molecular weight is 359 g/mol. The third kappa shape index (κ3) is 2.51. The van der Waals surface area contributed by atoms with Crippen molar-refractivity contribution in [2.24, 2.45) is 7.05 Å². The number of fused-ring (bicyclic) bond motifs is 4. The molecule has 27 heavy (non-hydrogen) atoms. The van der Waals surface area contributed by atoms with Gasteiger partial charge in [-0.2, -0.15) is 0 Å². The molecule has 2 aromatic carbocycles. The van der Waals surface area contributed by atoms with Gasteiger partial charge in [-0.25, -0.2) is 0 Å². The van der Waals surface area contributed by atoms with Crippen LogP contribution in [0.3, 0.4) is 0 Å². The zero-order valence-electron chi connectivity index (χ0n) is 16.2. The lowest BCUT2D eigenvalue weighted by atomic mass is 10.0. The molecule has 138 valence electrons. The second-order valence-corrected chi connectivity index (χ2v) is 7.79. The van der Waals surface area contributed by atoms with Gasteiger partial charge in [0.2, 0.25) is 0 Å². The highest BCUT2D eigenvalue weighted by molar-refractivity contribution is 6.16. The van der Waals surface area contributed by atoms with E-state index < -0.39 is 0 Å². The van der Waals surface area contributed by atoms with Crippen molar-refractivity contribution in [2.75, 3.05) is 20.2 Å². The molecule has 0 N–H and O–H groups in total. The van der Waals surface area contributed by atoms with Gasteiger partial charge < -0.3 is 14.2 Å². The maximum atomic E-state index is 6.38. The lowest BCUT2D eigenvalue weighted by Crippen LogP contribution is -2.30. The van der Waals surface area contributed by atoms with Gasteiger partial charge in [0.1, 0.15) is 12.4 Å². The average Bonchev–Trinajstić information content (AvgIpc) is 3.22. The fraction of sp³-hybridized carbons (Fsp3) is 0.348. The number of nitrogens with zero attached hydrogens (tertiary/aromatic N) is 3. The SMILES string of the molecule is Cc1c2ccncc2cc2c3c(OC[C@H]4CCCN4C)cccc3n(C)c12. The molecule has 5 rings (SSSR count). The van der Waals surface area contributed by atoms with Crippen molar-refractivity contribution in [3.63, 3.8) is 0 Å². The van der Waals surface area contributed by atoms with Crippen LogP contribution in [0.2, 0.25) is 0 Å². The number of aromatic nitrogens is 2. The second-order valence-electron chi connectivity index (χ2n) is 7.79. The van der Waals surface area contributed by atoms with Crippen molar-refractivity contribution < 1.29 is 4.74 Å². The van der Waals surface area contributed by atoms with Crippen LogP contribution in [0.5, 0.6) is 5.75 Å². The summed E-state index contributed by atoms with van der Waals surface area (Å²) in [6, 6.07) is 11.3. The van der Waals surface area contributed by atoms with Crippen LogP contribution in [0.15, 0.2) is 42.7 Å². The molecule has 3 heterocycles. The molecule has 1 aliphatic heterocycles. The summed E-state index contributed by atoms with van der Waals surface area (Å²) in [4.78, 5) is 6.73. The van der Waals surface area contributed by atoms with E-state index in [1.54, 1.807) is 0 Å². The molecule has 0 aliphatic carbocycles. The zero-order valence-corrected chi connectivity index (χ0v) is 16.2. The van der Waals surface area contributed by atoms with Gasteiger partial charge in [0, 0.05) is 41.6 Å². The number of aryl methyl sites for hydroxylation is 2. The Kier molecular flexibility index (Phi) is 3.83. The highest BCUT2D eigenvalue weighted by Crippen LogP contribution is 2.39. The van der Waals surface area contributed by atoms with Gasteiger partial charge in [0.05, 0.1) is 11.0 Å². The van der Waals surface area contributed by atoms with Gasteiger partial charge in [0.15, 0.2) is 0 Å². The lowest BCUT2D eigenvalue weighted by molar-refractivity contribution is 0.200. The summed E-state index contributed by atoms with van der Waals surface area (Å²) in [6.07, 6.45) is 6.31. The summed E-state index contributed by atoms with van der Waals surface area (Å²) in [5.74, 6) is 0.987. The van der Waals surface area contributed by atoms with Gasteiger partial charge in [0.25, 0.3) is 0 Å². The molecule has 0 spiro atoms. The first-order valence-corrected chi connectivity index (χ1v) is 9.72. The molecule has 0 bridgehead atoms. The number of rotatable bonds is 3. The van der Waals surface area contributed by atoms with Crippen molar-refractivity contribution >= 4 is 32.6 Å². The van der Waals surface area contributed by atoms with Gasteiger partial charge >= 0.3 is 0 Å². The van der Waals surface area contributed by atoms with Gasteiger partial charge in [-0.15, -0.1) is 0 Å². The molecule has 1 aliphatic rings. The molecule has 1 saturated heterocycles. The predicted molar refractivity (Wildman–Crippen MR) is 112 cm³/mol. The van der Waals surface area contributed by atoms with Crippen LogP contribution >= 0.6 is 0 Å². The maximum absolute atomic E-state index is 6.38. The number of benzene rings is 2. The highest BCUT2D eigenvalue weighted by atomic mass is 16.5. The fourth-order valence-corrected chi connectivity index (χ4v) is 4.73. The molecule has 1 fully saturated rings. The molecule has 0 radical (unpaired) electrons. The minimum atomic E-state index is 0.516. The summed E-state index contributed by atoms with van der Waals surface area (Å²) in [7, 11) is 4.35. The van der Waals surface area contributed by atoms with E-state index in [9.17, 15) is 0 Å². The van der Waals surface area contributed by atoms with Crippen LogP contribution < -0.4 is 4.74 Å².